The molecule has 0 radical (unpaired) electrons. The summed E-state index contributed by atoms with van der Waals surface area (Å²) in [5.41, 5.74) is 6.72. The minimum Gasteiger partial charge on any atom is -0.461 e. The van der Waals surface area contributed by atoms with Crippen LogP contribution in [-0.2, 0) is 20.8 Å². The zero-order valence-electron chi connectivity index (χ0n) is 16.3. The Balaban J connectivity index is 1.78. The summed E-state index contributed by atoms with van der Waals surface area (Å²) in [4.78, 5) is 37.4. The van der Waals surface area contributed by atoms with Crippen molar-refractivity contribution in [2.75, 3.05) is 12.3 Å². The zero-order valence-corrected chi connectivity index (χ0v) is 17.9. The minimum absolute atomic E-state index is 0.0575. The summed E-state index contributed by atoms with van der Waals surface area (Å²) >= 11 is 3.36. The number of halogens is 1. The number of imidazole rings is 1. The highest BCUT2D eigenvalue weighted by Crippen LogP contribution is 2.24. The first-order valence-corrected chi connectivity index (χ1v) is 10.5. The van der Waals surface area contributed by atoms with E-state index in [2.05, 4.69) is 36.2 Å². The van der Waals surface area contributed by atoms with E-state index in [-0.39, 0.29) is 25.1 Å². The number of carbonyl (C=O) groups excluding carboxylic acids is 2. The molecule has 158 valence electrons. The van der Waals surface area contributed by atoms with E-state index in [9.17, 15) is 9.59 Å². The van der Waals surface area contributed by atoms with E-state index in [1.54, 1.807) is 4.57 Å². The summed E-state index contributed by atoms with van der Waals surface area (Å²) in [7, 11) is 0. The Hall–Kier alpha value is -2.43. The van der Waals surface area contributed by atoms with Gasteiger partial charge in [0.2, 0.25) is 0 Å². The molecular weight excluding hydrogens is 444 g/mol. The highest BCUT2D eigenvalue weighted by molar-refractivity contribution is 9.10. The average Bonchev–Trinajstić information content (AvgIpc) is 3.30. The van der Waals surface area contributed by atoms with E-state index in [1.807, 2.05) is 6.92 Å². The molecule has 1 fully saturated rings. The number of alkyl carbamates (subject to hydrolysis) is 1. The highest BCUT2D eigenvalue weighted by atomic mass is 79.9. The lowest BCUT2D eigenvalue weighted by atomic mass is 10.2. The number of nitrogens with zero attached hydrogens (tertiary/aromatic N) is 4. The molecule has 1 aliphatic carbocycles. The molecule has 2 heterocycles. The number of nitrogen functional groups attached to an aromatic ring is 1. The van der Waals surface area contributed by atoms with Gasteiger partial charge in [-0.15, -0.1) is 0 Å². The number of amides is 1. The van der Waals surface area contributed by atoms with Gasteiger partial charge in [-0.1, -0.05) is 13.3 Å². The summed E-state index contributed by atoms with van der Waals surface area (Å²) in [6.45, 7) is 2.34. The van der Waals surface area contributed by atoms with E-state index >= 15 is 0 Å². The van der Waals surface area contributed by atoms with Gasteiger partial charge < -0.3 is 25.1 Å². The van der Waals surface area contributed by atoms with Crippen molar-refractivity contribution in [3.8, 4) is 0 Å². The first-order valence-electron chi connectivity index (χ1n) is 9.75. The number of aromatic nitrogens is 4. The van der Waals surface area contributed by atoms with Gasteiger partial charge in [0, 0.05) is 0 Å². The fraction of sp³-hybridized carbons (Fsp3) is 0.611. The molecule has 1 amide bonds. The normalized spacial score (nSPS) is 15.4. The molecule has 0 spiro atoms. The third kappa shape index (κ3) is 5.34. The Bertz CT molecular complexity index is 867. The summed E-state index contributed by atoms with van der Waals surface area (Å²) in [6, 6.07) is -0.963. The second-order valence-corrected chi connectivity index (χ2v) is 7.66. The van der Waals surface area contributed by atoms with Crippen LogP contribution in [-0.4, -0.2) is 50.3 Å². The smallest absolute Gasteiger partial charge is 0.407 e. The number of nitrogens with two attached hydrogens (primary N) is 1. The van der Waals surface area contributed by atoms with Gasteiger partial charge in [-0.2, -0.15) is 0 Å². The van der Waals surface area contributed by atoms with Crippen molar-refractivity contribution in [3.05, 3.63) is 11.1 Å². The lowest BCUT2D eigenvalue weighted by Crippen LogP contribution is -2.45. The Morgan fingerprint density at radius 1 is 1.38 bits per heavy atom. The SMILES string of the molecule is CCCCOC(=O)NC(Cn1c(Br)nc2c(N)ncnc21)C(=O)OC1CCCC1. The maximum atomic E-state index is 12.8. The molecule has 11 heteroatoms. The van der Waals surface area contributed by atoms with Crippen LogP contribution in [0.5, 0.6) is 0 Å². The van der Waals surface area contributed by atoms with E-state index in [0.29, 0.717) is 15.9 Å². The number of rotatable bonds is 8. The Kier molecular flexibility index (Phi) is 7.24. The standard InChI is InChI=1S/C18H25BrN6O4/c1-2-3-8-28-18(27)23-12(16(26)29-11-6-4-5-7-11)9-25-15-13(24-17(25)19)14(20)21-10-22-15/h10-12H,2-9H2,1H3,(H,23,27)(H2,20,21,22). The van der Waals surface area contributed by atoms with Gasteiger partial charge in [-0.05, 0) is 48.0 Å². The lowest BCUT2D eigenvalue weighted by molar-refractivity contribution is -0.151. The van der Waals surface area contributed by atoms with Crippen molar-refractivity contribution < 1.29 is 19.1 Å². The summed E-state index contributed by atoms with van der Waals surface area (Å²) < 4.78 is 12.8. The predicted molar refractivity (Wildman–Crippen MR) is 109 cm³/mol. The fourth-order valence-corrected chi connectivity index (χ4v) is 3.69. The summed E-state index contributed by atoms with van der Waals surface area (Å²) in [6.07, 6.45) is 5.91. The third-order valence-electron chi connectivity index (χ3n) is 4.77. The van der Waals surface area contributed by atoms with Crippen molar-refractivity contribution in [3.63, 3.8) is 0 Å². The van der Waals surface area contributed by atoms with Crippen LogP contribution in [0.2, 0.25) is 0 Å². The number of ether oxygens (including phenoxy) is 2. The fourth-order valence-electron chi connectivity index (χ4n) is 3.20. The largest absolute Gasteiger partial charge is 0.461 e. The molecule has 1 unspecified atom stereocenters. The second kappa shape index (κ2) is 9.86. The van der Waals surface area contributed by atoms with E-state index in [4.69, 9.17) is 15.2 Å². The van der Waals surface area contributed by atoms with E-state index in [1.165, 1.54) is 6.33 Å². The lowest BCUT2D eigenvalue weighted by Gasteiger charge is -2.21. The number of anilines is 1. The summed E-state index contributed by atoms with van der Waals surface area (Å²) in [5, 5.41) is 2.61. The molecule has 2 aromatic rings. The highest BCUT2D eigenvalue weighted by Gasteiger charge is 2.29. The third-order valence-corrected chi connectivity index (χ3v) is 5.38. The van der Waals surface area contributed by atoms with Crippen LogP contribution in [0.4, 0.5) is 10.6 Å². The Morgan fingerprint density at radius 2 is 2.14 bits per heavy atom. The predicted octanol–water partition coefficient (Wildman–Crippen LogP) is 2.55. The van der Waals surface area contributed by atoms with Gasteiger partial charge in [-0.25, -0.2) is 24.5 Å². The second-order valence-electron chi connectivity index (χ2n) is 6.95. The van der Waals surface area contributed by atoms with Gasteiger partial charge in [0.15, 0.2) is 21.7 Å². The van der Waals surface area contributed by atoms with E-state index < -0.39 is 18.1 Å². The van der Waals surface area contributed by atoms with Crippen molar-refractivity contribution in [1.82, 2.24) is 24.8 Å². The molecule has 10 nitrogen and oxygen atoms in total. The first kappa shape index (κ1) is 21.3. The Morgan fingerprint density at radius 3 is 2.86 bits per heavy atom. The first-order chi connectivity index (χ1) is 14.0. The topological polar surface area (TPSA) is 134 Å². The molecule has 0 aromatic carbocycles. The number of carbonyl (C=O) groups is 2. The molecule has 3 N–H and O–H groups in total. The number of esters is 1. The molecule has 2 aromatic heterocycles. The molecule has 1 aliphatic rings. The quantitative estimate of drug-likeness (QED) is 0.342. The number of hydrogen-bond donors (Lipinski definition) is 2. The molecular formula is C18H25BrN6O4. The number of nitrogens with one attached hydrogen (secondary N) is 1. The minimum atomic E-state index is -0.963. The zero-order chi connectivity index (χ0) is 20.8. The molecule has 29 heavy (non-hydrogen) atoms. The summed E-state index contributed by atoms with van der Waals surface area (Å²) in [5.74, 6) is -0.286. The van der Waals surface area contributed by atoms with Crippen LogP contribution in [0.15, 0.2) is 11.1 Å². The number of fused-ring (bicyclic) bond motifs is 1. The molecule has 0 saturated heterocycles. The van der Waals surface area contributed by atoms with Gasteiger partial charge in [0.05, 0.1) is 13.2 Å². The van der Waals surface area contributed by atoms with Crippen molar-refractivity contribution in [2.45, 2.75) is 64.1 Å². The van der Waals surface area contributed by atoms with Crippen LogP contribution in [0, 0.1) is 0 Å². The molecule has 1 saturated carbocycles. The van der Waals surface area contributed by atoms with Gasteiger partial charge in [-0.3, -0.25) is 0 Å². The van der Waals surface area contributed by atoms with Crippen LogP contribution < -0.4 is 11.1 Å². The molecule has 0 bridgehead atoms. The van der Waals surface area contributed by atoms with Crippen LogP contribution in [0.3, 0.4) is 0 Å². The molecule has 0 aliphatic heterocycles. The Labute approximate surface area is 176 Å². The number of hydrogen-bond acceptors (Lipinski definition) is 8. The van der Waals surface area contributed by atoms with Crippen molar-refractivity contribution in [1.29, 1.82) is 0 Å². The number of unbranched alkanes of at least 4 members (excludes halogenated alkanes) is 1. The monoisotopic (exact) mass is 468 g/mol. The van der Waals surface area contributed by atoms with Crippen molar-refractivity contribution in [2.24, 2.45) is 0 Å². The van der Waals surface area contributed by atoms with Crippen molar-refractivity contribution >= 4 is 45.0 Å². The molecule has 1 atom stereocenters. The van der Waals surface area contributed by atoms with Crippen LogP contribution in [0.25, 0.3) is 11.2 Å². The molecule has 3 rings (SSSR count). The van der Waals surface area contributed by atoms with Gasteiger partial charge >= 0.3 is 12.1 Å². The van der Waals surface area contributed by atoms with E-state index in [0.717, 1.165) is 38.5 Å². The van der Waals surface area contributed by atoms with Gasteiger partial charge in [0.25, 0.3) is 0 Å². The average molecular weight is 469 g/mol. The van der Waals surface area contributed by atoms with Crippen LogP contribution >= 0.6 is 15.9 Å². The van der Waals surface area contributed by atoms with Crippen LogP contribution in [0.1, 0.15) is 45.4 Å². The maximum absolute atomic E-state index is 12.8. The maximum Gasteiger partial charge on any atom is 0.407 e. The van der Waals surface area contributed by atoms with Gasteiger partial charge in [0.1, 0.15) is 18.5 Å².